The SMILES string of the molecule is CC(C)Cn1c(SCC(=O)NC2(C#N)CCCCC2)nc2ccccc2c1=O. The normalized spacial score (nSPS) is 16.1. The van der Waals surface area contributed by atoms with Crippen LogP contribution in [-0.2, 0) is 11.3 Å². The Morgan fingerprint density at radius 2 is 2.04 bits per heavy atom. The fourth-order valence-electron chi connectivity index (χ4n) is 3.64. The van der Waals surface area contributed by atoms with E-state index in [1.165, 1.54) is 11.8 Å². The highest BCUT2D eigenvalue weighted by atomic mass is 32.2. The van der Waals surface area contributed by atoms with Gasteiger partial charge in [-0.3, -0.25) is 14.2 Å². The van der Waals surface area contributed by atoms with Gasteiger partial charge >= 0.3 is 0 Å². The minimum absolute atomic E-state index is 0.0806. The monoisotopic (exact) mass is 398 g/mol. The summed E-state index contributed by atoms with van der Waals surface area (Å²) in [6.45, 7) is 4.63. The number of nitrogens with one attached hydrogen (secondary N) is 1. The molecule has 3 rings (SSSR count). The van der Waals surface area contributed by atoms with Crippen molar-refractivity contribution >= 4 is 28.6 Å². The molecular weight excluding hydrogens is 372 g/mol. The van der Waals surface area contributed by atoms with Gasteiger partial charge in [0.15, 0.2) is 5.16 Å². The third kappa shape index (κ3) is 4.56. The van der Waals surface area contributed by atoms with Crippen LogP contribution in [0.3, 0.4) is 0 Å². The Bertz CT molecular complexity index is 955. The van der Waals surface area contributed by atoms with Gasteiger partial charge in [-0.05, 0) is 30.9 Å². The molecule has 6 nitrogen and oxygen atoms in total. The van der Waals surface area contributed by atoms with Crippen LogP contribution in [0.4, 0.5) is 0 Å². The smallest absolute Gasteiger partial charge is 0.262 e. The summed E-state index contributed by atoms with van der Waals surface area (Å²) in [6, 6.07) is 9.58. The Morgan fingerprint density at radius 3 is 2.71 bits per heavy atom. The maximum atomic E-state index is 12.9. The molecule has 0 atom stereocenters. The number of aromatic nitrogens is 2. The van der Waals surface area contributed by atoms with Crippen LogP contribution in [0.1, 0.15) is 46.0 Å². The van der Waals surface area contributed by atoms with Crippen molar-refractivity contribution in [2.45, 2.75) is 63.2 Å². The first-order chi connectivity index (χ1) is 13.4. The molecule has 1 aliphatic carbocycles. The van der Waals surface area contributed by atoms with Gasteiger partial charge in [-0.1, -0.05) is 57.0 Å². The molecule has 1 aromatic carbocycles. The Balaban J connectivity index is 1.80. The van der Waals surface area contributed by atoms with E-state index >= 15 is 0 Å². The van der Waals surface area contributed by atoms with Crippen LogP contribution in [-0.4, -0.2) is 26.8 Å². The van der Waals surface area contributed by atoms with Crippen LogP contribution < -0.4 is 10.9 Å². The molecule has 0 spiro atoms. The number of fused-ring (bicyclic) bond motifs is 1. The number of carbonyl (C=O) groups is 1. The zero-order valence-electron chi connectivity index (χ0n) is 16.4. The van der Waals surface area contributed by atoms with Gasteiger partial charge in [0.05, 0.1) is 22.7 Å². The topological polar surface area (TPSA) is 87.8 Å². The molecule has 1 aliphatic rings. The van der Waals surface area contributed by atoms with Gasteiger partial charge in [0, 0.05) is 6.54 Å². The fraction of sp³-hybridized carbons (Fsp3) is 0.524. The number of nitriles is 1. The van der Waals surface area contributed by atoms with E-state index in [0.717, 1.165) is 19.3 Å². The summed E-state index contributed by atoms with van der Waals surface area (Å²) in [5.74, 6) is 0.219. The lowest BCUT2D eigenvalue weighted by Crippen LogP contribution is -2.49. The largest absolute Gasteiger partial charge is 0.337 e. The number of para-hydroxylation sites is 1. The quantitative estimate of drug-likeness (QED) is 0.594. The molecule has 1 saturated carbocycles. The van der Waals surface area contributed by atoms with Crippen molar-refractivity contribution in [1.82, 2.24) is 14.9 Å². The number of benzene rings is 1. The number of carbonyl (C=O) groups excluding carboxylic acids is 1. The predicted molar refractivity (Wildman–Crippen MR) is 111 cm³/mol. The molecule has 1 amide bonds. The molecule has 0 bridgehead atoms. The molecule has 148 valence electrons. The van der Waals surface area contributed by atoms with Crippen molar-refractivity contribution in [2.75, 3.05) is 5.75 Å². The number of rotatable bonds is 6. The molecule has 0 unspecified atom stereocenters. The van der Waals surface area contributed by atoms with E-state index in [9.17, 15) is 14.9 Å². The highest BCUT2D eigenvalue weighted by molar-refractivity contribution is 7.99. The van der Waals surface area contributed by atoms with Crippen LogP contribution in [0.2, 0.25) is 0 Å². The summed E-state index contributed by atoms with van der Waals surface area (Å²) in [5, 5.41) is 13.6. The van der Waals surface area contributed by atoms with Crippen LogP contribution in [0.15, 0.2) is 34.2 Å². The Morgan fingerprint density at radius 1 is 1.32 bits per heavy atom. The maximum absolute atomic E-state index is 12.9. The van der Waals surface area contributed by atoms with Crippen molar-refractivity contribution in [3.63, 3.8) is 0 Å². The molecule has 0 radical (unpaired) electrons. The number of hydrogen-bond donors (Lipinski definition) is 1. The Labute approximate surface area is 169 Å². The molecule has 2 aromatic rings. The third-order valence-corrected chi connectivity index (χ3v) is 5.98. The fourth-order valence-corrected chi connectivity index (χ4v) is 4.45. The van der Waals surface area contributed by atoms with Crippen LogP contribution in [0.5, 0.6) is 0 Å². The van der Waals surface area contributed by atoms with Gasteiger partial charge in [-0.15, -0.1) is 0 Å². The zero-order valence-corrected chi connectivity index (χ0v) is 17.2. The average Bonchev–Trinajstić information content (AvgIpc) is 2.69. The van der Waals surface area contributed by atoms with E-state index in [0.29, 0.717) is 35.4 Å². The highest BCUT2D eigenvalue weighted by Crippen LogP contribution is 2.28. The van der Waals surface area contributed by atoms with E-state index in [1.54, 1.807) is 10.6 Å². The molecule has 1 aromatic heterocycles. The van der Waals surface area contributed by atoms with Gasteiger partial charge in [-0.2, -0.15) is 5.26 Å². The van der Waals surface area contributed by atoms with Gasteiger partial charge < -0.3 is 5.32 Å². The van der Waals surface area contributed by atoms with E-state index in [2.05, 4.69) is 16.4 Å². The second-order valence-corrected chi connectivity index (χ2v) is 8.76. The van der Waals surface area contributed by atoms with E-state index in [1.807, 2.05) is 32.0 Å². The zero-order chi connectivity index (χ0) is 20.1. The molecule has 1 heterocycles. The lowest BCUT2D eigenvalue weighted by Gasteiger charge is -2.31. The van der Waals surface area contributed by atoms with Crippen molar-refractivity contribution in [1.29, 1.82) is 5.26 Å². The van der Waals surface area contributed by atoms with E-state index < -0.39 is 5.54 Å². The highest BCUT2D eigenvalue weighted by Gasteiger charge is 2.33. The minimum atomic E-state index is -0.746. The van der Waals surface area contributed by atoms with Crippen LogP contribution in [0.25, 0.3) is 10.9 Å². The van der Waals surface area contributed by atoms with Gasteiger partial charge in [-0.25, -0.2) is 4.98 Å². The van der Waals surface area contributed by atoms with Crippen LogP contribution in [0, 0.1) is 17.2 Å². The molecule has 0 saturated heterocycles. The molecule has 1 fully saturated rings. The molecule has 28 heavy (non-hydrogen) atoms. The summed E-state index contributed by atoms with van der Waals surface area (Å²) >= 11 is 1.25. The van der Waals surface area contributed by atoms with Crippen molar-refractivity contribution in [3.05, 3.63) is 34.6 Å². The van der Waals surface area contributed by atoms with Gasteiger partial charge in [0.25, 0.3) is 5.56 Å². The molecule has 1 N–H and O–H groups in total. The average molecular weight is 399 g/mol. The molecule has 0 aliphatic heterocycles. The Hall–Kier alpha value is -2.33. The minimum Gasteiger partial charge on any atom is -0.337 e. The number of thioether (sulfide) groups is 1. The number of nitrogens with zero attached hydrogens (tertiary/aromatic N) is 3. The first-order valence-electron chi connectivity index (χ1n) is 9.79. The first kappa shape index (κ1) is 20.4. The van der Waals surface area contributed by atoms with Gasteiger partial charge in [0.1, 0.15) is 5.54 Å². The summed E-state index contributed by atoms with van der Waals surface area (Å²) < 4.78 is 1.66. The van der Waals surface area contributed by atoms with Crippen LogP contribution >= 0.6 is 11.8 Å². The second kappa shape index (κ2) is 8.78. The first-order valence-corrected chi connectivity index (χ1v) is 10.8. The predicted octanol–water partition coefficient (Wildman–Crippen LogP) is 3.49. The number of amides is 1. The standard InChI is InChI=1S/C21H26N4O2S/c1-15(2)12-25-19(27)16-8-4-5-9-17(16)23-20(25)28-13-18(26)24-21(14-22)10-6-3-7-11-21/h4-5,8-9,15H,3,6-7,10-13H2,1-2H3,(H,24,26). The number of hydrogen-bond acceptors (Lipinski definition) is 5. The summed E-state index contributed by atoms with van der Waals surface area (Å²) in [6.07, 6.45) is 4.43. The van der Waals surface area contributed by atoms with Crippen molar-refractivity contribution < 1.29 is 4.79 Å². The second-order valence-electron chi connectivity index (χ2n) is 7.81. The van der Waals surface area contributed by atoms with Crippen molar-refractivity contribution in [2.24, 2.45) is 5.92 Å². The third-order valence-electron chi connectivity index (χ3n) is 5.01. The molecular formula is C21H26N4O2S. The lowest BCUT2D eigenvalue weighted by molar-refractivity contribution is -0.120. The maximum Gasteiger partial charge on any atom is 0.262 e. The summed E-state index contributed by atoms with van der Waals surface area (Å²) in [7, 11) is 0. The van der Waals surface area contributed by atoms with Crippen molar-refractivity contribution in [3.8, 4) is 6.07 Å². The van der Waals surface area contributed by atoms with Gasteiger partial charge in [0.2, 0.25) is 5.91 Å². The summed E-state index contributed by atoms with van der Waals surface area (Å²) in [4.78, 5) is 30.1. The summed E-state index contributed by atoms with van der Waals surface area (Å²) in [5.41, 5.74) is -0.191. The lowest BCUT2D eigenvalue weighted by atomic mass is 9.83. The Kier molecular flexibility index (Phi) is 6.40. The molecule has 7 heteroatoms. The van der Waals surface area contributed by atoms with E-state index in [-0.39, 0.29) is 23.1 Å². The van der Waals surface area contributed by atoms with E-state index in [4.69, 9.17) is 0 Å².